The lowest BCUT2D eigenvalue weighted by molar-refractivity contribution is -0.119. The van der Waals surface area contributed by atoms with Crippen molar-refractivity contribution in [2.75, 3.05) is 0 Å². The SMILES string of the molecule is CCCCCCCCC=CCCCCCCCC(N)=O.CCCCCCCCC=CCCCCCCCC(N)=O. The summed E-state index contributed by atoms with van der Waals surface area (Å²) < 4.78 is 0. The van der Waals surface area contributed by atoms with Crippen LogP contribution in [0.3, 0.4) is 0 Å². The lowest BCUT2D eigenvalue weighted by Gasteiger charge is -1.99. The number of primary amides is 2. The van der Waals surface area contributed by atoms with Gasteiger partial charge in [0.1, 0.15) is 0 Å². The van der Waals surface area contributed by atoms with Gasteiger partial charge in [-0.2, -0.15) is 0 Å². The topological polar surface area (TPSA) is 86.2 Å². The van der Waals surface area contributed by atoms with Gasteiger partial charge in [-0.05, 0) is 64.2 Å². The van der Waals surface area contributed by atoms with Crippen LogP contribution in [0, 0.1) is 0 Å². The summed E-state index contributed by atoms with van der Waals surface area (Å²) in [6.45, 7) is 4.53. The number of allylic oxidation sites excluding steroid dienone is 4. The Hall–Kier alpha value is -1.58. The van der Waals surface area contributed by atoms with Crippen molar-refractivity contribution in [2.24, 2.45) is 11.5 Å². The van der Waals surface area contributed by atoms with E-state index < -0.39 is 0 Å². The zero-order chi connectivity index (χ0) is 29.8. The summed E-state index contributed by atoms with van der Waals surface area (Å²) >= 11 is 0. The lowest BCUT2D eigenvalue weighted by atomic mass is 10.1. The van der Waals surface area contributed by atoms with E-state index in [0.29, 0.717) is 12.8 Å². The van der Waals surface area contributed by atoms with Crippen molar-refractivity contribution in [3.05, 3.63) is 24.3 Å². The Morgan fingerprint density at radius 1 is 0.375 bits per heavy atom. The third kappa shape index (κ3) is 43.5. The number of carbonyl (C=O) groups excluding carboxylic acids is 2. The molecule has 0 heterocycles. The first-order valence-electron chi connectivity index (χ1n) is 17.4. The molecule has 0 aromatic rings. The first-order chi connectivity index (χ1) is 19.5. The fraction of sp³-hybridized carbons (Fsp3) is 0.833. The van der Waals surface area contributed by atoms with E-state index in [4.69, 9.17) is 11.5 Å². The monoisotopic (exact) mass is 563 g/mol. The van der Waals surface area contributed by atoms with Crippen LogP contribution in [0.2, 0.25) is 0 Å². The van der Waals surface area contributed by atoms with E-state index in [1.807, 2.05) is 0 Å². The van der Waals surface area contributed by atoms with Gasteiger partial charge in [-0.15, -0.1) is 0 Å². The smallest absolute Gasteiger partial charge is 0.217 e. The zero-order valence-electron chi connectivity index (χ0n) is 27.1. The lowest BCUT2D eigenvalue weighted by Crippen LogP contribution is -2.09. The molecular formula is C36H70N2O2. The molecule has 40 heavy (non-hydrogen) atoms. The van der Waals surface area contributed by atoms with Gasteiger partial charge in [0.25, 0.3) is 0 Å². The van der Waals surface area contributed by atoms with E-state index in [1.54, 1.807) is 0 Å². The van der Waals surface area contributed by atoms with E-state index in [9.17, 15) is 9.59 Å². The normalized spacial score (nSPS) is 11.2. The van der Waals surface area contributed by atoms with E-state index in [-0.39, 0.29) is 11.8 Å². The van der Waals surface area contributed by atoms with Gasteiger partial charge in [-0.3, -0.25) is 9.59 Å². The highest BCUT2D eigenvalue weighted by molar-refractivity contribution is 5.73. The molecule has 0 aliphatic carbocycles. The summed E-state index contributed by atoms with van der Waals surface area (Å²) in [6, 6.07) is 0. The zero-order valence-corrected chi connectivity index (χ0v) is 27.1. The average molecular weight is 563 g/mol. The molecule has 0 saturated carbocycles. The Morgan fingerprint density at radius 3 is 0.850 bits per heavy atom. The predicted molar refractivity (Wildman–Crippen MR) is 177 cm³/mol. The molecule has 0 rings (SSSR count). The van der Waals surface area contributed by atoms with Gasteiger partial charge in [0.15, 0.2) is 0 Å². The fourth-order valence-electron chi connectivity index (χ4n) is 4.74. The van der Waals surface area contributed by atoms with Crippen molar-refractivity contribution < 1.29 is 9.59 Å². The van der Waals surface area contributed by atoms with E-state index in [1.165, 1.54) is 141 Å². The molecule has 0 aliphatic rings. The van der Waals surface area contributed by atoms with Gasteiger partial charge in [0.05, 0.1) is 0 Å². The minimum Gasteiger partial charge on any atom is -0.370 e. The highest BCUT2D eigenvalue weighted by Gasteiger charge is 1.95. The molecular weight excluding hydrogens is 492 g/mol. The molecule has 236 valence electrons. The molecule has 0 unspecified atom stereocenters. The van der Waals surface area contributed by atoms with Crippen LogP contribution >= 0.6 is 0 Å². The van der Waals surface area contributed by atoms with Gasteiger partial charge in [-0.25, -0.2) is 0 Å². The van der Waals surface area contributed by atoms with Crippen molar-refractivity contribution in [3.63, 3.8) is 0 Å². The van der Waals surface area contributed by atoms with Crippen LogP contribution in [0.1, 0.15) is 194 Å². The molecule has 0 radical (unpaired) electrons. The molecule has 0 atom stereocenters. The minimum atomic E-state index is -0.164. The maximum absolute atomic E-state index is 10.5. The first-order valence-corrected chi connectivity index (χ1v) is 17.4. The molecule has 2 amide bonds. The molecule has 0 aliphatic heterocycles. The van der Waals surface area contributed by atoms with E-state index in [0.717, 1.165) is 25.7 Å². The third-order valence-electron chi connectivity index (χ3n) is 7.37. The van der Waals surface area contributed by atoms with Gasteiger partial charge in [0, 0.05) is 12.8 Å². The summed E-state index contributed by atoms with van der Waals surface area (Å²) in [5.41, 5.74) is 10.2. The highest BCUT2D eigenvalue weighted by atomic mass is 16.1. The third-order valence-corrected chi connectivity index (χ3v) is 7.37. The summed E-state index contributed by atoms with van der Waals surface area (Å²) in [4.78, 5) is 21.1. The summed E-state index contributed by atoms with van der Waals surface area (Å²) in [6.07, 6.45) is 43.8. The van der Waals surface area contributed by atoms with Crippen LogP contribution in [0.15, 0.2) is 24.3 Å². The highest BCUT2D eigenvalue weighted by Crippen LogP contribution is 2.11. The Balaban J connectivity index is 0. The van der Waals surface area contributed by atoms with Crippen molar-refractivity contribution in [1.82, 2.24) is 0 Å². The number of nitrogens with two attached hydrogens (primary N) is 2. The molecule has 0 aromatic heterocycles. The molecule has 0 bridgehead atoms. The molecule has 0 spiro atoms. The van der Waals surface area contributed by atoms with Crippen LogP contribution in [-0.2, 0) is 9.59 Å². The maximum atomic E-state index is 10.5. The second kappa shape index (κ2) is 37.4. The number of hydrogen-bond donors (Lipinski definition) is 2. The maximum Gasteiger partial charge on any atom is 0.217 e. The van der Waals surface area contributed by atoms with Crippen molar-refractivity contribution in [1.29, 1.82) is 0 Å². The number of rotatable bonds is 30. The number of carbonyl (C=O) groups is 2. The van der Waals surface area contributed by atoms with E-state index >= 15 is 0 Å². The Morgan fingerprint density at radius 2 is 0.600 bits per heavy atom. The van der Waals surface area contributed by atoms with Crippen LogP contribution < -0.4 is 11.5 Å². The Labute approximate surface area is 250 Å². The first kappa shape index (κ1) is 40.6. The van der Waals surface area contributed by atoms with Crippen molar-refractivity contribution in [2.45, 2.75) is 194 Å². The second-order valence-electron chi connectivity index (χ2n) is 11.6. The van der Waals surface area contributed by atoms with Crippen LogP contribution in [0.4, 0.5) is 0 Å². The second-order valence-corrected chi connectivity index (χ2v) is 11.6. The molecule has 0 fully saturated rings. The van der Waals surface area contributed by atoms with Crippen LogP contribution in [0.5, 0.6) is 0 Å². The van der Waals surface area contributed by atoms with Crippen molar-refractivity contribution in [3.8, 4) is 0 Å². The van der Waals surface area contributed by atoms with Gasteiger partial charge in [0.2, 0.25) is 11.8 Å². The number of unbranched alkanes of at least 4 members (excludes halogenated alkanes) is 22. The Kier molecular flexibility index (Phi) is 37.9. The standard InChI is InChI=1S/2C18H35NO/c2*1-2-3-4-5-6-7-8-9-10-11-12-13-14-15-16-17-18(19)20/h2*9-10H,2-8,11-17H2,1H3,(H2,19,20). The van der Waals surface area contributed by atoms with Crippen LogP contribution in [0.25, 0.3) is 0 Å². The predicted octanol–water partition coefficient (Wildman–Crippen LogP) is 11.0. The summed E-state index contributed by atoms with van der Waals surface area (Å²) in [7, 11) is 0. The van der Waals surface area contributed by atoms with E-state index in [2.05, 4.69) is 38.2 Å². The quantitative estimate of drug-likeness (QED) is 0.0673. The average Bonchev–Trinajstić information content (AvgIpc) is 2.93. The van der Waals surface area contributed by atoms with Crippen LogP contribution in [-0.4, -0.2) is 11.8 Å². The van der Waals surface area contributed by atoms with Crippen molar-refractivity contribution >= 4 is 11.8 Å². The number of hydrogen-bond acceptors (Lipinski definition) is 2. The fourth-order valence-corrected chi connectivity index (χ4v) is 4.74. The molecule has 4 heteroatoms. The van der Waals surface area contributed by atoms with Gasteiger partial charge < -0.3 is 11.5 Å². The Bertz CT molecular complexity index is 521. The molecule has 4 nitrogen and oxygen atoms in total. The molecule has 0 aromatic carbocycles. The summed E-state index contributed by atoms with van der Waals surface area (Å²) in [5.74, 6) is -0.328. The van der Waals surface area contributed by atoms with Gasteiger partial charge >= 0.3 is 0 Å². The molecule has 4 N–H and O–H groups in total. The minimum absolute atomic E-state index is 0.164. The van der Waals surface area contributed by atoms with Gasteiger partial charge in [-0.1, -0.05) is 141 Å². The largest absolute Gasteiger partial charge is 0.370 e. The summed E-state index contributed by atoms with van der Waals surface area (Å²) in [5, 5.41) is 0. The molecule has 0 saturated heterocycles. The number of amides is 2.